The molecule has 0 aromatic heterocycles. The first-order valence-electron chi connectivity index (χ1n) is 3.63. The molecule has 0 aliphatic heterocycles. The van der Waals surface area contributed by atoms with E-state index in [2.05, 4.69) is 0 Å². The van der Waals surface area contributed by atoms with Crippen molar-refractivity contribution in [2.45, 2.75) is 37.6 Å². The van der Waals surface area contributed by atoms with Gasteiger partial charge in [0.1, 0.15) is 0 Å². The van der Waals surface area contributed by atoms with Gasteiger partial charge in [0.2, 0.25) is 0 Å². The fourth-order valence-electron chi connectivity index (χ4n) is 1.24. The van der Waals surface area contributed by atoms with Gasteiger partial charge < -0.3 is 10.8 Å². The smallest absolute Gasteiger partial charge is 0.303 e. The van der Waals surface area contributed by atoms with Gasteiger partial charge in [0.25, 0.3) is 0 Å². The van der Waals surface area contributed by atoms with E-state index in [1.54, 1.807) is 0 Å². The Kier molecular flexibility index (Phi) is 1.94. The monoisotopic (exact) mass is 143 g/mol. The van der Waals surface area contributed by atoms with Gasteiger partial charge in [0, 0.05) is 12.0 Å². The maximum Gasteiger partial charge on any atom is 0.303 e. The fourth-order valence-corrected chi connectivity index (χ4v) is 1.24. The Balaban J connectivity index is 2.18. The molecule has 3 heteroatoms. The molecule has 0 unspecified atom stereocenters. The average molecular weight is 143 g/mol. The number of rotatable bonds is 3. The predicted molar refractivity (Wildman–Crippen MR) is 37.6 cm³/mol. The maximum atomic E-state index is 10.1. The number of aliphatic carboxylic acids is 1. The van der Waals surface area contributed by atoms with Crippen LogP contribution in [-0.2, 0) is 4.79 Å². The van der Waals surface area contributed by atoms with E-state index in [-0.39, 0.29) is 12.0 Å². The van der Waals surface area contributed by atoms with Crippen LogP contribution in [0.4, 0.5) is 0 Å². The number of nitrogens with two attached hydrogens (primary N) is 1. The molecule has 0 saturated heterocycles. The molecule has 0 atom stereocenters. The van der Waals surface area contributed by atoms with Crippen LogP contribution < -0.4 is 5.73 Å². The molecule has 0 aromatic carbocycles. The first kappa shape index (κ1) is 7.54. The number of hydrogen-bond donors (Lipinski definition) is 2. The first-order chi connectivity index (χ1) is 4.62. The van der Waals surface area contributed by atoms with Crippen LogP contribution in [0.15, 0.2) is 0 Å². The molecule has 1 aliphatic rings. The van der Waals surface area contributed by atoms with Crippen LogP contribution in [-0.4, -0.2) is 16.6 Å². The van der Waals surface area contributed by atoms with Gasteiger partial charge in [-0.15, -0.1) is 0 Å². The molecular weight excluding hydrogens is 130 g/mol. The summed E-state index contributed by atoms with van der Waals surface area (Å²) in [6.45, 7) is 0. The first-order valence-corrected chi connectivity index (χ1v) is 3.63. The highest BCUT2D eigenvalue weighted by Gasteiger charge is 2.32. The SMILES string of the molecule is NC1(CCC(=O)O)CCC1. The van der Waals surface area contributed by atoms with Crippen molar-refractivity contribution in [3.63, 3.8) is 0 Å². The third-order valence-electron chi connectivity index (χ3n) is 2.19. The lowest BCUT2D eigenvalue weighted by Gasteiger charge is -2.37. The zero-order chi connectivity index (χ0) is 7.61. The third-order valence-corrected chi connectivity index (χ3v) is 2.19. The van der Waals surface area contributed by atoms with E-state index in [9.17, 15) is 4.79 Å². The van der Waals surface area contributed by atoms with Gasteiger partial charge in [0.15, 0.2) is 0 Å². The third kappa shape index (κ3) is 1.70. The molecule has 1 fully saturated rings. The van der Waals surface area contributed by atoms with E-state index < -0.39 is 5.97 Å². The van der Waals surface area contributed by atoms with Gasteiger partial charge in [-0.3, -0.25) is 4.79 Å². The van der Waals surface area contributed by atoms with E-state index in [0.29, 0.717) is 6.42 Å². The highest BCUT2D eigenvalue weighted by atomic mass is 16.4. The highest BCUT2D eigenvalue weighted by molar-refractivity contribution is 5.66. The Hall–Kier alpha value is -0.570. The summed E-state index contributed by atoms with van der Waals surface area (Å²) < 4.78 is 0. The Morgan fingerprint density at radius 2 is 2.20 bits per heavy atom. The highest BCUT2D eigenvalue weighted by Crippen LogP contribution is 2.32. The minimum Gasteiger partial charge on any atom is -0.481 e. The van der Waals surface area contributed by atoms with Crippen LogP contribution in [0.5, 0.6) is 0 Å². The molecule has 10 heavy (non-hydrogen) atoms. The Labute approximate surface area is 60.2 Å². The van der Waals surface area contributed by atoms with Crippen molar-refractivity contribution in [1.82, 2.24) is 0 Å². The van der Waals surface area contributed by atoms with Gasteiger partial charge in [-0.1, -0.05) is 0 Å². The van der Waals surface area contributed by atoms with Crippen LogP contribution in [0.25, 0.3) is 0 Å². The zero-order valence-electron chi connectivity index (χ0n) is 5.97. The van der Waals surface area contributed by atoms with Gasteiger partial charge in [-0.2, -0.15) is 0 Å². The van der Waals surface area contributed by atoms with Crippen LogP contribution in [0.1, 0.15) is 32.1 Å². The van der Waals surface area contributed by atoms with Crippen molar-refractivity contribution < 1.29 is 9.90 Å². The standard InChI is InChI=1S/C7H13NO2/c8-7(3-1-4-7)5-2-6(9)10/h1-5,8H2,(H,9,10). The van der Waals surface area contributed by atoms with E-state index in [1.807, 2.05) is 0 Å². The van der Waals surface area contributed by atoms with Crippen molar-refractivity contribution in [2.24, 2.45) is 5.73 Å². The lowest BCUT2D eigenvalue weighted by molar-refractivity contribution is -0.137. The number of carbonyl (C=O) groups is 1. The zero-order valence-corrected chi connectivity index (χ0v) is 5.97. The summed E-state index contributed by atoms with van der Waals surface area (Å²) in [4.78, 5) is 10.1. The van der Waals surface area contributed by atoms with Crippen LogP contribution >= 0.6 is 0 Å². The summed E-state index contributed by atoms with van der Waals surface area (Å²) in [5.74, 6) is -0.739. The van der Waals surface area contributed by atoms with Gasteiger partial charge in [-0.25, -0.2) is 0 Å². The Morgan fingerprint density at radius 1 is 1.60 bits per heavy atom. The summed E-state index contributed by atoms with van der Waals surface area (Å²) in [5, 5.41) is 8.34. The van der Waals surface area contributed by atoms with Crippen LogP contribution in [0, 0.1) is 0 Å². The maximum absolute atomic E-state index is 10.1. The predicted octanol–water partition coefficient (Wildman–Crippen LogP) is 0.733. The largest absolute Gasteiger partial charge is 0.481 e. The fraction of sp³-hybridized carbons (Fsp3) is 0.857. The molecule has 0 amide bonds. The average Bonchev–Trinajstić information content (AvgIpc) is 1.79. The van der Waals surface area contributed by atoms with Crippen LogP contribution in [0.2, 0.25) is 0 Å². The second kappa shape index (κ2) is 2.58. The van der Waals surface area contributed by atoms with Crippen molar-refractivity contribution >= 4 is 5.97 Å². The minimum atomic E-state index is -0.739. The topological polar surface area (TPSA) is 63.3 Å². The summed E-state index contributed by atoms with van der Waals surface area (Å²) in [6.07, 6.45) is 4.02. The summed E-state index contributed by atoms with van der Waals surface area (Å²) in [6, 6.07) is 0. The molecule has 58 valence electrons. The molecule has 0 aromatic rings. The summed E-state index contributed by atoms with van der Waals surface area (Å²) in [5.41, 5.74) is 5.66. The molecule has 0 spiro atoms. The molecule has 1 aliphatic carbocycles. The Bertz CT molecular complexity index is 141. The number of carboxylic acids is 1. The molecule has 0 heterocycles. The lowest BCUT2D eigenvalue weighted by atomic mass is 9.75. The lowest BCUT2D eigenvalue weighted by Crippen LogP contribution is -2.46. The van der Waals surface area contributed by atoms with Gasteiger partial charge in [-0.05, 0) is 25.7 Å². The Morgan fingerprint density at radius 3 is 2.50 bits per heavy atom. The van der Waals surface area contributed by atoms with Crippen molar-refractivity contribution in [1.29, 1.82) is 0 Å². The van der Waals surface area contributed by atoms with E-state index in [4.69, 9.17) is 10.8 Å². The minimum absolute atomic E-state index is 0.127. The molecule has 1 saturated carbocycles. The van der Waals surface area contributed by atoms with Crippen molar-refractivity contribution in [3.05, 3.63) is 0 Å². The quantitative estimate of drug-likeness (QED) is 0.612. The summed E-state index contributed by atoms with van der Waals surface area (Å²) >= 11 is 0. The van der Waals surface area contributed by atoms with Crippen molar-refractivity contribution in [2.75, 3.05) is 0 Å². The van der Waals surface area contributed by atoms with E-state index in [1.165, 1.54) is 0 Å². The summed E-state index contributed by atoms with van der Waals surface area (Å²) in [7, 11) is 0. The van der Waals surface area contributed by atoms with Gasteiger partial charge >= 0.3 is 5.97 Å². The molecule has 0 radical (unpaired) electrons. The number of hydrogen-bond acceptors (Lipinski definition) is 2. The molecule has 3 N–H and O–H groups in total. The van der Waals surface area contributed by atoms with E-state index >= 15 is 0 Å². The molecule has 3 nitrogen and oxygen atoms in total. The molecule has 1 rings (SSSR count). The molecule has 0 bridgehead atoms. The second-order valence-electron chi connectivity index (χ2n) is 3.11. The van der Waals surface area contributed by atoms with Crippen molar-refractivity contribution in [3.8, 4) is 0 Å². The van der Waals surface area contributed by atoms with Crippen LogP contribution in [0.3, 0.4) is 0 Å². The number of carboxylic acid groups (broad SMARTS) is 1. The normalized spacial score (nSPS) is 21.7. The van der Waals surface area contributed by atoms with Gasteiger partial charge in [0.05, 0.1) is 0 Å². The molecular formula is C7H13NO2. The van der Waals surface area contributed by atoms with E-state index in [0.717, 1.165) is 19.3 Å². The second-order valence-corrected chi connectivity index (χ2v) is 3.11.